The highest BCUT2D eigenvalue weighted by atomic mass is 32.2. The molecule has 1 fully saturated rings. The van der Waals surface area contributed by atoms with Crippen LogP contribution in [0.3, 0.4) is 0 Å². The van der Waals surface area contributed by atoms with Crippen LogP contribution in [-0.4, -0.2) is 15.0 Å². The van der Waals surface area contributed by atoms with E-state index in [9.17, 15) is 8.42 Å². The largest absolute Gasteiger partial charge is 0.399 e. The van der Waals surface area contributed by atoms with Gasteiger partial charge in [-0.3, -0.25) is 0 Å². The SMILES string of the molecule is Nc1ccc(S(=O)(=O)NCCC2CCC2)cc1. The molecule has 0 unspecified atom stereocenters. The molecule has 17 heavy (non-hydrogen) atoms. The van der Waals surface area contributed by atoms with E-state index in [1.165, 1.54) is 31.4 Å². The zero-order valence-electron chi connectivity index (χ0n) is 9.72. The number of nitrogens with two attached hydrogens (primary N) is 1. The molecule has 1 aliphatic rings. The number of sulfonamides is 1. The molecule has 1 saturated carbocycles. The Bertz CT molecular complexity index is 464. The Kier molecular flexibility index (Phi) is 3.69. The minimum Gasteiger partial charge on any atom is -0.399 e. The summed E-state index contributed by atoms with van der Waals surface area (Å²) < 4.78 is 26.4. The molecule has 1 aliphatic carbocycles. The van der Waals surface area contributed by atoms with Crippen molar-refractivity contribution in [3.63, 3.8) is 0 Å². The van der Waals surface area contributed by atoms with Crippen molar-refractivity contribution in [2.24, 2.45) is 5.92 Å². The summed E-state index contributed by atoms with van der Waals surface area (Å²) in [7, 11) is -3.36. The molecular weight excluding hydrogens is 236 g/mol. The molecule has 0 spiro atoms. The molecule has 0 atom stereocenters. The molecule has 1 aromatic carbocycles. The van der Waals surface area contributed by atoms with E-state index in [1.54, 1.807) is 12.1 Å². The first-order chi connectivity index (χ1) is 8.08. The van der Waals surface area contributed by atoms with Crippen LogP contribution in [0.25, 0.3) is 0 Å². The molecule has 0 aliphatic heterocycles. The van der Waals surface area contributed by atoms with E-state index in [1.807, 2.05) is 0 Å². The van der Waals surface area contributed by atoms with Gasteiger partial charge in [0.2, 0.25) is 10.0 Å². The van der Waals surface area contributed by atoms with Gasteiger partial charge in [-0.15, -0.1) is 0 Å². The fourth-order valence-electron chi connectivity index (χ4n) is 1.91. The van der Waals surface area contributed by atoms with Gasteiger partial charge in [0.25, 0.3) is 0 Å². The summed E-state index contributed by atoms with van der Waals surface area (Å²) in [5.41, 5.74) is 6.09. The zero-order chi connectivity index (χ0) is 12.3. The van der Waals surface area contributed by atoms with E-state index in [-0.39, 0.29) is 4.90 Å². The Balaban J connectivity index is 1.91. The third-order valence-corrected chi connectivity index (χ3v) is 4.74. The molecule has 3 N–H and O–H groups in total. The topological polar surface area (TPSA) is 72.2 Å². The van der Waals surface area contributed by atoms with Crippen LogP contribution in [0.2, 0.25) is 0 Å². The first-order valence-corrected chi connectivity index (χ1v) is 7.41. The number of anilines is 1. The molecule has 0 bridgehead atoms. The standard InChI is InChI=1S/C12H18N2O2S/c13-11-4-6-12(7-5-11)17(15,16)14-9-8-10-2-1-3-10/h4-7,10,14H,1-3,8-9,13H2. The van der Waals surface area contributed by atoms with Gasteiger partial charge in [0.1, 0.15) is 0 Å². The highest BCUT2D eigenvalue weighted by Gasteiger charge is 2.18. The van der Waals surface area contributed by atoms with Crippen molar-refractivity contribution in [1.29, 1.82) is 0 Å². The van der Waals surface area contributed by atoms with Gasteiger partial charge in [-0.05, 0) is 36.6 Å². The van der Waals surface area contributed by atoms with Gasteiger partial charge in [-0.1, -0.05) is 19.3 Å². The van der Waals surface area contributed by atoms with Crippen LogP contribution in [0.4, 0.5) is 5.69 Å². The third-order valence-electron chi connectivity index (χ3n) is 3.26. The Morgan fingerprint density at radius 2 is 1.88 bits per heavy atom. The second-order valence-corrected chi connectivity index (χ2v) is 6.32. The van der Waals surface area contributed by atoms with Crippen LogP contribution in [-0.2, 0) is 10.0 Å². The molecule has 5 heteroatoms. The molecule has 2 rings (SSSR count). The Morgan fingerprint density at radius 1 is 1.24 bits per heavy atom. The lowest BCUT2D eigenvalue weighted by Gasteiger charge is -2.25. The summed E-state index contributed by atoms with van der Waals surface area (Å²) in [6.07, 6.45) is 4.71. The highest BCUT2D eigenvalue weighted by Crippen LogP contribution is 2.28. The molecule has 1 aromatic rings. The maximum Gasteiger partial charge on any atom is 0.240 e. The zero-order valence-corrected chi connectivity index (χ0v) is 10.5. The fraction of sp³-hybridized carbons (Fsp3) is 0.500. The van der Waals surface area contributed by atoms with E-state index in [4.69, 9.17) is 5.73 Å². The summed E-state index contributed by atoms with van der Waals surface area (Å²) in [5.74, 6) is 0.712. The molecule has 0 radical (unpaired) electrons. The minimum absolute atomic E-state index is 0.278. The van der Waals surface area contributed by atoms with Gasteiger partial charge in [0.15, 0.2) is 0 Å². The van der Waals surface area contributed by atoms with E-state index >= 15 is 0 Å². The lowest BCUT2D eigenvalue weighted by atomic mass is 9.83. The van der Waals surface area contributed by atoms with Gasteiger partial charge in [0.05, 0.1) is 4.90 Å². The minimum atomic E-state index is -3.36. The van der Waals surface area contributed by atoms with Crippen LogP contribution in [0, 0.1) is 5.92 Å². The van der Waals surface area contributed by atoms with Crippen molar-refractivity contribution in [3.8, 4) is 0 Å². The number of nitrogen functional groups attached to an aromatic ring is 1. The Labute approximate surface area is 102 Å². The molecule has 0 amide bonds. The lowest BCUT2D eigenvalue weighted by Crippen LogP contribution is -2.27. The summed E-state index contributed by atoms with van der Waals surface area (Å²) in [6, 6.07) is 6.25. The van der Waals surface area contributed by atoms with Crippen molar-refractivity contribution in [2.75, 3.05) is 12.3 Å². The van der Waals surface area contributed by atoms with Crippen LogP contribution >= 0.6 is 0 Å². The summed E-state index contributed by atoms with van der Waals surface area (Å²) in [5, 5.41) is 0. The fourth-order valence-corrected chi connectivity index (χ4v) is 2.96. The van der Waals surface area contributed by atoms with Crippen molar-refractivity contribution in [1.82, 2.24) is 4.72 Å². The van der Waals surface area contributed by atoms with E-state index < -0.39 is 10.0 Å². The number of nitrogens with one attached hydrogen (secondary N) is 1. The van der Waals surface area contributed by atoms with Crippen molar-refractivity contribution in [2.45, 2.75) is 30.6 Å². The average molecular weight is 254 g/mol. The summed E-state index contributed by atoms with van der Waals surface area (Å²) >= 11 is 0. The van der Waals surface area contributed by atoms with Gasteiger partial charge >= 0.3 is 0 Å². The smallest absolute Gasteiger partial charge is 0.240 e. The van der Waals surface area contributed by atoms with Gasteiger partial charge in [-0.25, -0.2) is 13.1 Å². The molecular formula is C12H18N2O2S. The molecule has 0 saturated heterocycles. The van der Waals surface area contributed by atoms with Crippen LogP contribution in [0.1, 0.15) is 25.7 Å². The predicted molar refractivity (Wildman–Crippen MR) is 68.0 cm³/mol. The number of benzene rings is 1. The summed E-state index contributed by atoms with van der Waals surface area (Å²) in [6.45, 7) is 0.525. The second-order valence-electron chi connectivity index (χ2n) is 4.55. The average Bonchev–Trinajstić information content (AvgIpc) is 2.22. The first-order valence-electron chi connectivity index (χ1n) is 5.93. The molecule has 0 heterocycles. The van der Waals surface area contributed by atoms with Crippen LogP contribution in [0.5, 0.6) is 0 Å². The van der Waals surface area contributed by atoms with E-state index in [0.29, 0.717) is 18.2 Å². The maximum atomic E-state index is 11.9. The highest BCUT2D eigenvalue weighted by molar-refractivity contribution is 7.89. The number of hydrogen-bond acceptors (Lipinski definition) is 3. The predicted octanol–water partition coefficient (Wildman–Crippen LogP) is 1.74. The third kappa shape index (κ3) is 3.20. The Hall–Kier alpha value is -1.07. The maximum absolute atomic E-state index is 11.9. The van der Waals surface area contributed by atoms with Crippen molar-refractivity contribution >= 4 is 15.7 Å². The first kappa shape index (κ1) is 12.4. The van der Waals surface area contributed by atoms with Crippen LogP contribution < -0.4 is 10.5 Å². The molecule has 94 valence electrons. The van der Waals surface area contributed by atoms with E-state index in [0.717, 1.165) is 6.42 Å². The Morgan fingerprint density at radius 3 is 2.41 bits per heavy atom. The van der Waals surface area contributed by atoms with Crippen molar-refractivity contribution in [3.05, 3.63) is 24.3 Å². The van der Waals surface area contributed by atoms with Crippen molar-refractivity contribution < 1.29 is 8.42 Å². The second kappa shape index (κ2) is 5.06. The van der Waals surface area contributed by atoms with Gasteiger partial charge in [-0.2, -0.15) is 0 Å². The number of rotatable bonds is 5. The number of hydrogen-bond donors (Lipinski definition) is 2. The van der Waals surface area contributed by atoms with Crippen LogP contribution in [0.15, 0.2) is 29.2 Å². The summed E-state index contributed by atoms with van der Waals surface area (Å²) in [4.78, 5) is 0.278. The molecule has 0 aromatic heterocycles. The van der Waals surface area contributed by atoms with Gasteiger partial charge in [0, 0.05) is 12.2 Å². The monoisotopic (exact) mass is 254 g/mol. The molecule has 4 nitrogen and oxygen atoms in total. The normalized spacial score (nSPS) is 16.7. The quantitative estimate of drug-likeness (QED) is 0.786. The van der Waals surface area contributed by atoms with Gasteiger partial charge < -0.3 is 5.73 Å². The lowest BCUT2D eigenvalue weighted by molar-refractivity contribution is 0.297. The van der Waals surface area contributed by atoms with E-state index in [2.05, 4.69) is 4.72 Å².